The first-order chi connectivity index (χ1) is 4.79. The summed E-state index contributed by atoms with van der Waals surface area (Å²) < 4.78 is 0. The molecule has 1 atom stereocenters. The van der Waals surface area contributed by atoms with Crippen LogP contribution in [0.4, 0.5) is 0 Å². The first-order valence-electron chi connectivity index (χ1n) is 4.62. The number of quaternary nitrogens is 1. The smallest absolute Gasteiger partial charge is 0.0861 e. The van der Waals surface area contributed by atoms with Gasteiger partial charge in [0.1, 0.15) is 0 Å². The Morgan fingerprint density at radius 1 is 1.40 bits per heavy atom. The van der Waals surface area contributed by atoms with Crippen molar-refractivity contribution in [2.24, 2.45) is 5.92 Å². The SMILES string of the molecule is CC(C)C[C@@H]1CCCC[NH2+]1. The largest absolute Gasteiger partial charge is 0.344 e. The van der Waals surface area contributed by atoms with Crippen molar-refractivity contribution >= 4 is 0 Å². The first kappa shape index (κ1) is 8.06. The van der Waals surface area contributed by atoms with E-state index in [9.17, 15) is 0 Å². The fourth-order valence-corrected chi connectivity index (χ4v) is 1.84. The molecule has 60 valence electrons. The number of rotatable bonds is 2. The van der Waals surface area contributed by atoms with Gasteiger partial charge in [0, 0.05) is 6.42 Å². The van der Waals surface area contributed by atoms with E-state index in [1.807, 2.05) is 0 Å². The van der Waals surface area contributed by atoms with Gasteiger partial charge in [0.2, 0.25) is 0 Å². The van der Waals surface area contributed by atoms with Crippen molar-refractivity contribution < 1.29 is 5.32 Å². The summed E-state index contributed by atoms with van der Waals surface area (Å²) in [6.07, 6.45) is 5.78. The highest BCUT2D eigenvalue weighted by atomic mass is 14.9. The molecule has 1 heterocycles. The Kier molecular flexibility index (Phi) is 3.20. The van der Waals surface area contributed by atoms with E-state index >= 15 is 0 Å². The molecule has 0 aliphatic carbocycles. The topological polar surface area (TPSA) is 16.6 Å². The van der Waals surface area contributed by atoms with Gasteiger partial charge in [-0.3, -0.25) is 0 Å². The maximum atomic E-state index is 2.53. The van der Waals surface area contributed by atoms with Gasteiger partial charge in [-0.05, 0) is 25.2 Å². The lowest BCUT2D eigenvalue weighted by molar-refractivity contribution is -0.698. The van der Waals surface area contributed by atoms with Gasteiger partial charge in [-0.1, -0.05) is 13.8 Å². The number of nitrogens with two attached hydrogens (primary N) is 1. The molecule has 0 bridgehead atoms. The van der Waals surface area contributed by atoms with Crippen LogP contribution in [0.3, 0.4) is 0 Å². The average molecular weight is 142 g/mol. The molecule has 1 nitrogen and oxygen atoms in total. The predicted octanol–water partition coefficient (Wildman–Crippen LogP) is 1.15. The van der Waals surface area contributed by atoms with Gasteiger partial charge in [0.15, 0.2) is 0 Å². The third-order valence-corrected chi connectivity index (χ3v) is 2.30. The van der Waals surface area contributed by atoms with Crippen LogP contribution in [0, 0.1) is 5.92 Å². The van der Waals surface area contributed by atoms with Crippen molar-refractivity contribution in [3.05, 3.63) is 0 Å². The molecule has 1 saturated heterocycles. The van der Waals surface area contributed by atoms with Crippen LogP contribution in [0.2, 0.25) is 0 Å². The molecule has 2 N–H and O–H groups in total. The van der Waals surface area contributed by atoms with Crippen molar-refractivity contribution in [1.29, 1.82) is 0 Å². The van der Waals surface area contributed by atoms with E-state index in [4.69, 9.17) is 0 Å². The Morgan fingerprint density at radius 2 is 2.20 bits per heavy atom. The second kappa shape index (κ2) is 3.97. The van der Waals surface area contributed by atoms with Gasteiger partial charge in [-0.15, -0.1) is 0 Å². The van der Waals surface area contributed by atoms with Crippen LogP contribution in [-0.4, -0.2) is 12.6 Å². The zero-order valence-corrected chi connectivity index (χ0v) is 7.27. The van der Waals surface area contributed by atoms with Gasteiger partial charge in [-0.2, -0.15) is 0 Å². The zero-order valence-electron chi connectivity index (χ0n) is 7.27. The minimum absolute atomic E-state index is 0.888. The number of hydrogen-bond acceptors (Lipinski definition) is 0. The molecule has 0 saturated carbocycles. The summed E-state index contributed by atoms with van der Waals surface area (Å²) in [5.74, 6) is 0.888. The monoisotopic (exact) mass is 142 g/mol. The molecule has 0 radical (unpaired) electrons. The Bertz CT molecular complexity index is 82.7. The van der Waals surface area contributed by atoms with E-state index in [0.29, 0.717) is 0 Å². The summed E-state index contributed by atoms with van der Waals surface area (Å²) in [6, 6.07) is 0.953. The summed E-state index contributed by atoms with van der Waals surface area (Å²) >= 11 is 0. The lowest BCUT2D eigenvalue weighted by Crippen LogP contribution is -2.91. The minimum Gasteiger partial charge on any atom is -0.344 e. The van der Waals surface area contributed by atoms with E-state index < -0.39 is 0 Å². The third kappa shape index (κ3) is 2.70. The van der Waals surface area contributed by atoms with Crippen molar-refractivity contribution in [1.82, 2.24) is 0 Å². The van der Waals surface area contributed by atoms with E-state index in [2.05, 4.69) is 19.2 Å². The summed E-state index contributed by atoms with van der Waals surface area (Å²) in [4.78, 5) is 0. The van der Waals surface area contributed by atoms with Crippen LogP contribution in [-0.2, 0) is 0 Å². The van der Waals surface area contributed by atoms with E-state index in [1.54, 1.807) is 0 Å². The molecule has 0 unspecified atom stereocenters. The highest BCUT2D eigenvalue weighted by molar-refractivity contribution is 4.60. The van der Waals surface area contributed by atoms with Crippen molar-refractivity contribution in [3.63, 3.8) is 0 Å². The van der Waals surface area contributed by atoms with Gasteiger partial charge < -0.3 is 5.32 Å². The van der Waals surface area contributed by atoms with Crippen molar-refractivity contribution in [3.8, 4) is 0 Å². The minimum atomic E-state index is 0.888. The van der Waals surface area contributed by atoms with Gasteiger partial charge >= 0.3 is 0 Å². The Balaban J connectivity index is 2.13. The fraction of sp³-hybridized carbons (Fsp3) is 1.00. The molecule has 1 aliphatic rings. The molecule has 0 amide bonds. The molecular formula is C9H20N+. The van der Waals surface area contributed by atoms with Crippen molar-refractivity contribution in [2.45, 2.75) is 45.6 Å². The summed E-state index contributed by atoms with van der Waals surface area (Å²) in [6.45, 7) is 6.02. The summed E-state index contributed by atoms with van der Waals surface area (Å²) in [5.41, 5.74) is 0. The molecule has 1 rings (SSSR count). The van der Waals surface area contributed by atoms with Crippen LogP contribution in [0.15, 0.2) is 0 Å². The highest BCUT2D eigenvalue weighted by Gasteiger charge is 2.16. The predicted molar refractivity (Wildman–Crippen MR) is 43.9 cm³/mol. The molecule has 10 heavy (non-hydrogen) atoms. The average Bonchev–Trinajstić information content (AvgIpc) is 1.88. The Morgan fingerprint density at radius 3 is 2.70 bits per heavy atom. The molecule has 0 spiro atoms. The lowest BCUT2D eigenvalue weighted by Gasteiger charge is -2.21. The molecule has 1 aliphatic heterocycles. The van der Waals surface area contributed by atoms with Gasteiger partial charge in [-0.25, -0.2) is 0 Å². The molecule has 0 aromatic rings. The summed E-state index contributed by atoms with van der Waals surface area (Å²) in [7, 11) is 0. The van der Waals surface area contributed by atoms with Crippen molar-refractivity contribution in [2.75, 3.05) is 6.54 Å². The number of hydrogen-bond donors (Lipinski definition) is 1. The maximum Gasteiger partial charge on any atom is 0.0861 e. The normalized spacial score (nSPS) is 27.3. The lowest BCUT2D eigenvalue weighted by atomic mass is 9.96. The van der Waals surface area contributed by atoms with E-state index in [0.717, 1.165) is 12.0 Å². The third-order valence-electron chi connectivity index (χ3n) is 2.30. The van der Waals surface area contributed by atoms with E-state index in [-0.39, 0.29) is 0 Å². The second-order valence-corrected chi connectivity index (χ2v) is 3.91. The molecule has 1 fully saturated rings. The number of piperidine rings is 1. The molecule has 1 heteroatoms. The quantitative estimate of drug-likeness (QED) is 0.595. The van der Waals surface area contributed by atoms with E-state index in [1.165, 1.54) is 32.2 Å². The second-order valence-electron chi connectivity index (χ2n) is 3.91. The first-order valence-corrected chi connectivity index (χ1v) is 4.62. The van der Waals surface area contributed by atoms with Crippen LogP contribution in [0.1, 0.15) is 39.5 Å². The van der Waals surface area contributed by atoms with Crippen LogP contribution >= 0.6 is 0 Å². The molecule has 0 aromatic heterocycles. The Hall–Kier alpha value is -0.0400. The maximum absolute atomic E-state index is 2.53. The van der Waals surface area contributed by atoms with Gasteiger partial charge in [0.05, 0.1) is 12.6 Å². The molecular weight excluding hydrogens is 122 g/mol. The van der Waals surface area contributed by atoms with Gasteiger partial charge in [0.25, 0.3) is 0 Å². The zero-order chi connectivity index (χ0) is 7.40. The Labute approximate surface area is 64.2 Å². The van der Waals surface area contributed by atoms with Crippen LogP contribution in [0.5, 0.6) is 0 Å². The fourth-order valence-electron chi connectivity index (χ4n) is 1.84. The van der Waals surface area contributed by atoms with Crippen LogP contribution < -0.4 is 5.32 Å². The standard InChI is InChI=1S/C9H19N/c1-8(2)7-9-5-3-4-6-10-9/h8-10H,3-7H2,1-2H3/p+1/t9-/m0/s1. The van der Waals surface area contributed by atoms with Crippen LogP contribution in [0.25, 0.3) is 0 Å². The summed E-state index contributed by atoms with van der Waals surface area (Å²) in [5, 5.41) is 2.53. The highest BCUT2D eigenvalue weighted by Crippen LogP contribution is 2.09. The molecule has 0 aromatic carbocycles.